The first-order chi connectivity index (χ1) is 12.0. The van der Waals surface area contributed by atoms with Crippen LogP contribution in [0.25, 0.3) is 22.2 Å². The second-order valence-corrected chi connectivity index (χ2v) is 6.52. The van der Waals surface area contributed by atoms with E-state index in [1.165, 1.54) is 6.07 Å². The maximum absolute atomic E-state index is 14.2. The molecule has 4 rings (SSSR count). The standard InChI is InChI=1S/C19H18F2N2.C2H6/c1-10-2-4-11(5-3-10)18-17(12-6-14(22)7-12)15-8-13(20)9-16(21)19(15)23-18;1-2/h2-5,8-9,12,14,23H,6-7,22H2,1H3;1-2H3. The lowest BCUT2D eigenvalue weighted by Crippen LogP contribution is -2.34. The van der Waals surface area contributed by atoms with E-state index in [1.807, 2.05) is 45.0 Å². The zero-order valence-electron chi connectivity index (χ0n) is 14.9. The van der Waals surface area contributed by atoms with Gasteiger partial charge >= 0.3 is 0 Å². The van der Waals surface area contributed by atoms with E-state index < -0.39 is 11.6 Å². The zero-order valence-corrected chi connectivity index (χ0v) is 14.9. The van der Waals surface area contributed by atoms with Crippen molar-refractivity contribution >= 4 is 10.9 Å². The minimum Gasteiger partial charge on any atom is -0.352 e. The molecule has 3 N–H and O–H groups in total. The van der Waals surface area contributed by atoms with E-state index in [0.29, 0.717) is 10.9 Å². The third kappa shape index (κ3) is 3.19. The van der Waals surface area contributed by atoms with Gasteiger partial charge in [0.2, 0.25) is 0 Å². The predicted molar refractivity (Wildman–Crippen MR) is 99.7 cm³/mol. The quantitative estimate of drug-likeness (QED) is 0.620. The molecule has 1 heterocycles. The normalized spacial score (nSPS) is 19.3. The SMILES string of the molecule is CC.Cc1ccc(-c2[nH]c3c(F)cc(F)cc3c2C2CC(N)C2)cc1. The summed E-state index contributed by atoms with van der Waals surface area (Å²) in [5.41, 5.74) is 10.3. The lowest BCUT2D eigenvalue weighted by Gasteiger charge is -2.33. The van der Waals surface area contributed by atoms with Crippen LogP contribution in [0.15, 0.2) is 36.4 Å². The van der Waals surface area contributed by atoms with Crippen LogP contribution in [0.1, 0.15) is 43.7 Å². The van der Waals surface area contributed by atoms with Gasteiger partial charge in [-0.25, -0.2) is 8.78 Å². The van der Waals surface area contributed by atoms with Gasteiger partial charge in [-0.05, 0) is 42.9 Å². The maximum atomic E-state index is 14.2. The first-order valence-corrected chi connectivity index (χ1v) is 8.86. The van der Waals surface area contributed by atoms with Gasteiger partial charge < -0.3 is 10.7 Å². The number of aryl methyl sites for hydroxylation is 1. The smallest absolute Gasteiger partial charge is 0.150 e. The van der Waals surface area contributed by atoms with Gasteiger partial charge in [0.05, 0.1) is 11.2 Å². The number of aromatic nitrogens is 1. The Morgan fingerprint density at radius 2 is 1.68 bits per heavy atom. The second kappa shape index (κ2) is 6.96. The number of halogens is 2. The van der Waals surface area contributed by atoms with Gasteiger partial charge in [-0.2, -0.15) is 0 Å². The molecule has 1 aromatic heterocycles. The Morgan fingerprint density at radius 3 is 2.28 bits per heavy atom. The highest BCUT2D eigenvalue weighted by Gasteiger charge is 2.32. The van der Waals surface area contributed by atoms with Crippen LogP contribution in [0.2, 0.25) is 0 Å². The first kappa shape index (κ1) is 17.6. The van der Waals surface area contributed by atoms with Gasteiger partial charge in [-0.3, -0.25) is 0 Å². The highest BCUT2D eigenvalue weighted by atomic mass is 19.1. The summed E-state index contributed by atoms with van der Waals surface area (Å²) in [5.74, 6) is -0.853. The molecule has 1 aliphatic rings. The molecule has 0 unspecified atom stereocenters. The molecule has 1 aliphatic carbocycles. The Kier molecular flexibility index (Phi) is 4.91. The summed E-state index contributed by atoms with van der Waals surface area (Å²) in [7, 11) is 0. The van der Waals surface area contributed by atoms with Gasteiger partial charge in [0, 0.05) is 17.5 Å². The summed E-state index contributed by atoms with van der Waals surface area (Å²) in [6.07, 6.45) is 1.70. The maximum Gasteiger partial charge on any atom is 0.150 e. The largest absolute Gasteiger partial charge is 0.352 e. The molecule has 0 spiro atoms. The number of benzene rings is 2. The second-order valence-electron chi connectivity index (χ2n) is 6.52. The van der Waals surface area contributed by atoms with Crippen LogP contribution in [0.4, 0.5) is 8.78 Å². The van der Waals surface area contributed by atoms with Crippen LogP contribution in [0.5, 0.6) is 0 Å². The van der Waals surface area contributed by atoms with E-state index >= 15 is 0 Å². The molecule has 25 heavy (non-hydrogen) atoms. The topological polar surface area (TPSA) is 41.8 Å². The molecule has 2 aromatic carbocycles. The molecule has 3 aromatic rings. The Bertz CT molecular complexity index is 875. The van der Waals surface area contributed by atoms with Crippen molar-refractivity contribution in [1.29, 1.82) is 0 Å². The molecule has 1 fully saturated rings. The van der Waals surface area contributed by atoms with Gasteiger partial charge in [0.15, 0.2) is 0 Å². The van der Waals surface area contributed by atoms with Gasteiger partial charge in [0.25, 0.3) is 0 Å². The Labute approximate surface area is 147 Å². The molecular formula is C21H24F2N2. The number of hydrogen-bond donors (Lipinski definition) is 2. The van der Waals surface area contributed by atoms with E-state index in [1.54, 1.807) is 0 Å². The minimum atomic E-state index is -0.553. The molecule has 0 aliphatic heterocycles. The van der Waals surface area contributed by atoms with Gasteiger partial charge in [0.1, 0.15) is 11.6 Å². The van der Waals surface area contributed by atoms with Crippen LogP contribution in [-0.2, 0) is 0 Å². The first-order valence-electron chi connectivity index (χ1n) is 8.86. The van der Waals surface area contributed by atoms with Crippen LogP contribution < -0.4 is 5.73 Å². The lowest BCUT2D eigenvalue weighted by atomic mass is 9.74. The van der Waals surface area contributed by atoms with Crippen LogP contribution in [0.3, 0.4) is 0 Å². The molecule has 0 amide bonds. The van der Waals surface area contributed by atoms with Gasteiger partial charge in [-0.15, -0.1) is 0 Å². The summed E-state index contributed by atoms with van der Waals surface area (Å²) < 4.78 is 27.9. The number of H-pyrrole nitrogens is 1. The zero-order chi connectivity index (χ0) is 18.1. The van der Waals surface area contributed by atoms with Crippen molar-refractivity contribution in [3.8, 4) is 11.3 Å². The monoisotopic (exact) mass is 342 g/mol. The third-order valence-electron chi connectivity index (χ3n) is 4.79. The van der Waals surface area contributed by atoms with Gasteiger partial charge in [-0.1, -0.05) is 43.7 Å². The van der Waals surface area contributed by atoms with Crippen molar-refractivity contribution < 1.29 is 8.78 Å². The molecule has 0 atom stereocenters. The summed E-state index contributed by atoms with van der Waals surface area (Å²) in [6, 6.07) is 10.6. The van der Waals surface area contributed by atoms with Crippen molar-refractivity contribution in [3.05, 3.63) is 59.2 Å². The molecule has 4 heteroatoms. The van der Waals surface area contributed by atoms with Crippen LogP contribution in [0, 0.1) is 18.6 Å². The number of rotatable bonds is 2. The fourth-order valence-corrected chi connectivity index (χ4v) is 3.51. The highest BCUT2D eigenvalue weighted by molar-refractivity contribution is 5.92. The summed E-state index contributed by atoms with van der Waals surface area (Å²) in [6.45, 7) is 6.02. The average Bonchev–Trinajstić information content (AvgIpc) is 2.94. The predicted octanol–water partition coefficient (Wildman–Crippen LogP) is 5.65. The summed E-state index contributed by atoms with van der Waals surface area (Å²) in [4.78, 5) is 3.18. The number of aromatic amines is 1. The minimum absolute atomic E-state index is 0.175. The fraction of sp³-hybridized carbons (Fsp3) is 0.333. The van der Waals surface area contributed by atoms with E-state index in [-0.39, 0.29) is 12.0 Å². The molecule has 0 bridgehead atoms. The van der Waals surface area contributed by atoms with Crippen LogP contribution >= 0.6 is 0 Å². The van der Waals surface area contributed by atoms with E-state index in [4.69, 9.17) is 5.73 Å². The van der Waals surface area contributed by atoms with Crippen molar-refractivity contribution in [2.45, 2.75) is 45.6 Å². The van der Waals surface area contributed by atoms with Crippen molar-refractivity contribution in [2.75, 3.05) is 0 Å². The highest BCUT2D eigenvalue weighted by Crippen LogP contribution is 2.45. The average molecular weight is 342 g/mol. The van der Waals surface area contributed by atoms with E-state index in [9.17, 15) is 8.78 Å². The Hall–Kier alpha value is -2.20. The number of hydrogen-bond acceptors (Lipinski definition) is 1. The number of fused-ring (bicyclic) bond motifs is 1. The van der Waals surface area contributed by atoms with Crippen LogP contribution in [-0.4, -0.2) is 11.0 Å². The molecule has 1 saturated carbocycles. The fourth-order valence-electron chi connectivity index (χ4n) is 3.51. The molecule has 0 saturated heterocycles. The van der Waals surface area contributed by atoms with Crippen molar-refractivity contribution in [1.82, 2.24) is 4.98 Å². The third-order valence-corrected chi connectivity index (χ3v) is 4.79. The number of nitrogens with two attached hydrogens (primary N) is 1. The van der Waals surface area contributed by atoms with E-state index in [2.05, 4.69) is 4.98 Å². The summed E-state index contributed by atoms with van der Waals surface area (Å²) >= 11 is 0. The van der Waals surface area contributed by atoms with E-state index in [0.717, 1.165) is 41.3 Å². The number of nitrogens with one attached hydrogen (secondary N) is 1. The Morgan fingerprint density at radius 1 is 1.04 bits per heavy atom. The van der Waals surface area contributed by atoms with Crippen molar-refractivity contribution in [3.63, 3.8) is 0 Å². The molecular weight excluding hydrogens is 318 g/mol. The molecule has 0 radical (unpaired) electrons. The Balaban J connectivity index is 0.000000880. The molecule has 132 valence electrons. The van der Waals surface area contributed by atoms with Crippen molar-refractivity contribution in [2.24, 2.45) is 5.73 Å². The summed E-state index contributed by atoms with van der Waals surface area (Å²) in [5, 5.41) is 0.634. The molecule has 2 nitrogen and oxygen atoms in total. The lowest BCUT2D eigenvalue weighted by molar-refractivity contribution is 0.354.